The average molecular weight is 530 g/mol. The van der Waals surface area contributed by atoms with Crippen molar-refractivity contribution in [3.63, 3.8) is 0 Å². The molecule has 2 aliphatic rings. The average Bonchev–Trinajstić information content (AvgIpc) is 3.49. The molecule has 2 aromatic heterocycles. The zero-order chi connectivity index (χ0) is 26.8. The van der Waals surface area contributed by atoms with E-state index >= 15 is 0 Å². The Morgan fingerprint density at radius 2 is 1.89 bits per heavy atom. The number of likely N-dealkylation sites (tertiary alicyclic amines) is 1. The highest BCUT2D eigenvalue weighted by molar-refractivity contribution is 5.79. The number of carbonyl (C=O) groups excluding carboxylic acids is 1. The van der Waals surface area contributed by atoms with Crippen LogP contribution in [0.5, 0.6) is 5.75 Å². The van der Waals surface area contributed by atoms with Crippen LogP contribution in [0.3, 0.4) is 0 Å². The summed E-state index contributed by atoms with van der Waals surface area (Å²) in [7, 11) is 3.36. The van der Waals surface area contributed by atoms with Crippen molar-refractivity contribution in [2.45, 2.75) is 18.6 Å². The van der Waals surface area contributed by atoms with Gasteiger partial charge in [-0.25, -0.2) is 23.0 Å². The van der Waals surface area contributed by atoms with E-state index in [4.69, 9.17) is 9.47 Å². The molecule has 0 bridgehead atoms. The van der Waals surface area contributed by atoms with Crippen molar-refractivity contribution in [2.75, 3.05) is 38.7 Å². The number of aryl methyl sites for hydroxylation is 1. The molecule has 5 rings (SSSR count). The molecule has 38 heavy (non-hydrogen) atoms. The molecule has 2 aliphatic heterocycles. The number of urea groups is 1. The lowest BCUT2D eigenvalue weighted by Gasteiger charge is -2.41. The van der Waals surface area contributed by atoms with Gasteiger partial charge in [0.25, 0.3) is 0 Å². The van der Waals surface area contributed by atoms with Crippen LogP contribution in [0.2, 0.25) is 0 Å². The Balaban J connectivity index is 1.24. The summed E-state index contributed by atoms with van der Waals surface area (Å²) in [6.45, 7) is 1.45. The van der Waals surface area contributed by atoms with Crippen molar-refractivity contribution in [3.8, 4) is 17.1 Å². The van der Waals surface area contributed by atoms with Gasteiger partial charge in [-0.15, -0.1) is 0 Å². The molecule has 200 valence electrons. The molecule has 1 saturated heterocycles. The van der Waals surface area contributed by atoms with Gasteiger partial charge in [0.2, 0.25) is 0 Å². The van der Waals surface area contributed by atoms with Gasteiger partial charge in [0.15, 0.2) is 11.6 Å². The molecule has 10 nitrogen and oxygen atoms in total. The first-order chi connectivity index (χ1) is 18.3. The molecule has 1 fully saturated rings. The van der Waals surface area contributed by atoms with E-state index in [1.165, 1.54) is 34.3 Å². The summed E-state index contributed by atoms with van der Waals surface area (Å²) in [5.41, 5.74) is 2.15. The minimum atomic E-state index is -0.723. The monoisotopic (exact) mass is 529 g/mol. The van der Waals surface area contributed by atoms with Crippen molar-refractivity contribution in [1.29, 1.82) is 0 Å². The lowest BCUT2D eigenvalue weighted by Crippen LogP contribution is -2.58. The summed E-state index contributed by atoms with van der Waals surface area (Å²) in [6, 6.07) is 3.62. The predicted molar refractivity (Wildman–Crippen MR) is 132 cm³/mol. The maximum absolute atomic E-state index is 14.6. The Morgan fingerprint density at radius 1 is 1.13 bits per heavy atom. The van der Waals surface area contributed by atoms with E-state index < -0.39 is 35.6 Å². The van der Waals surface area contributed by atoms with E-state index in [0.29, 0.717) is 42.2 Å². The fourth-order valence-electron chi connectivity index (χ4n) is 4.43. The number of aromatic nitrogens is 3. The first-order valence-electron chi connectivity index (χ1n) is 12.0. The van der Waals surface area contributed by atoms with E-state index in [1.807, 2.05) is 0 Å². The Kier molecular flexibility index (Phi) is 7.18. The summed E-state index contributed by atoms with van der Waals surface area (Å²) in [5, 5.41) is 12.8. The number of pyridine rings is 1. The van der Waals surface area contributed by atoms with Crippen molar-refractivity contribution in [2.24, 2.45) is 12.1 Å². The number of methoxy groups -OCH3 is 1. The largest absolute Gasteiger partial charge is 0.483 e. The van der Waals surface area contributed by atoms with Gasteiger partial charge in [-0.1, -0.05) is 0 Å². The van der Waals surface area contributed by atoms with E-state index in [2.05, 4.69) is 20.5 Å². The molecule has 0 aliphatic carbocycles. The van der Waals surface area contributed by atoms with Gasteiger partial charge in [-0.3, -0.25) is 9.67 Å². The molecular formula is C25H26F3N7O3. The van der Waals surface area contributed by atoms with Crippen molar-refractivity contribution in [3.05, 3.63) is 59.7 Å². The fourth-order valence-corrected chi connectivity index (χ4v) is 4.43. The van der Waals surface area contributed by atoms with E-state index in [1.54, 1.807) is 25.0 Å². The highest BCUT2D eigenvalue weighted by atomic mass is 19.1. The summed E-state index contributed by atoms with van der Waals surface area (Å²) in [4.78, 5) is 18.7. The minimum absolute atomic E-state index is 0.00319. The van der Waals surface area contributed by atoms with Crippen LogP contribution < -0.4 is 10.1 Å². The van der Waals surface area contributed by atoms with Crippen molar-refractivity contribution in [1.82, 2.24) is 24.7 Å². The van der Waals surface area contributed by atoms with Crippen LogP contribution in [0.15, 0.2) is 41.8 Å². The van der Waals surface area contributed by atoms with Gasteiger partial charge in [0.1, 0.15) is 23.4 Å². The number of anilines is 1. The van der Waals surface area contributed by atoms with Crippen LogP contribution in [0.4, 0.5) is 23.7 Å². The SMILES string of the molecule is COCCNc1cnn(C)c1-c1cc(OC2CN(C(=O)N3N=CCC3c3cc(F)cc(F)c3)C2)c(F)cn1. The molecule has 0 radical (unpaired) electrons. The van der Waals surface area contributed by atoms with Crippen LogP contribution in [-0.4, -0.2) is 76.4 Å². The van der Waals surface area contributed by atoms with Crippen LogP contribution in [0, 0.1) is 17.5 Å². The topological polar surface area (TPSA) is 97.1 Å². The molecule has 3 aromatic rings. The van der Waals surface area contributed by atoms with Crippen LogP contribution in [0.25, 0.3) is 11.4 Å². The number of rotatable bonds is 8. The smallest absolute Gasteiger partial charge is 0.341 e. The summed E-state index contributed by atoms with van der Waals surface area (Å²) < 4.78 is 54.5. The number of amides is 2. The highest BCUT2D eigenvalue weighted by Crippen LogP contribution is 2.33. The molecule has 0 saturated carbocycles. The number of halogens is 3. The predicted octanol–water partition coefficient (Wildman–Crippen LogP) is 3.57. The Labute approximate surface area is 216 Å². The second kappa shape index (κ2) is 10.7. The molecule has 13 heteroatoms. The number of hydrogen-bond acceptors (Lipinski definition) is 7. The first kappa shape index (κ1) is 25.5. The van der Waals surface area contributed by atoms with E-state index in [9.17, 15) is 18.0 Å². The van der Waals surface area contributed by atoms with Crippen LogP contribution in [0.1, 0.15) is 18.0 Å². The first-order valence-corrected chi connectivity index (χ1v) is 12.0. The lowest BCUT2D eigenvalue weighted by molar-refractivity contribution is 0.0256. The quantitative estimate of drug-likeness (QED) is 0.448. The second-order valence-electron chi connectivity index (χ2n) is 8.97. The van der Waals surface area contributed by atoms with Gasteiger partial charge in [0, 0.05) is 45.5 Å². The molecule has 1 aromatic carbocycles. The molecule has 1 atom stereocenters. The summed E-state index contributed by atoms with van der Waals surface area (Å²) >= 11 is 0. The van der Waals surface area contributed by atoms with Gasteiger partial charge in [0.05, 0.1) is 49.5 Å². The maximum Gasteiger partial charge on any atom is 0.341 e. The molecule has 0 spiro atoms. The zero-order valence-electron chi connectivity index (χ0n) is 20.8. The standard InChI is InChI=1S/C25H26F3N7O3/c1-33-24(21(12-32-33)29-5-6-37-2)20-10-23(19(28)11-30-20)38-18-13-34(14-18)25(36)35-22(3-4-31-35)15-7-16(26)9-17(27)8-15/h4,7-12,18,22,29H,3,5-6,13-14H2,1-2H3. The maximum atomic E-state index is 14.6. The number of hydrazone groups is 1. The molecule has 4 heterocycles. The Bertz CT molecular complexity index is 1340. The van der Waals surface area contributed by atoms with Crippen LogP contribution >= 0.6 is 0 Å². The molecule has 1 N–H and O–H groups in total. The van der Waals surface area contributed by atoms with Crippen LogP contribution in [-0.2, 0) is 11.8 Å². The third-order valence-corrected chi connectivity index (χ3v) is 6.33. The molecular weight excluding hydrogens is 503 g/mol. The number of hydrogen-bond donors (Lipinski definition) is 1. The van der Waals surface area contributed by atoms with Gasteiger partial charge in [-0.05, 0) is 17.7 Å². The molecule has 1 unspecified atom stereocenters. The Morgan fingerprint density at radius 3 is 2.63 bits per heavy atom. The number of ether oxygens (including phenoxy) is 2. The summed E-state index contributed by atoms with van der Waals surface area (Å²) in [5.74, 6) is -2.07. The van der Waals surface area contributed by atoms with Gasteiger partial charge < -0.3 is 19.7 Å². The normalized spacial score (nSPS) is 17.1. The zero-order valence-corrected chi connectivity index (χ0v) is 20.8. The number of nitrogens with one attached hydrogen (secondary N) is 1. The van der Waals surface area contributed by atoms with Crippen molar-refractivity contribution < 1.29 is 27.4 Å². The second-order valence-corrected chi connectivity index (χ2v) is 8.97. The van der Waals surface area contributed by atoms with Gasteiger partial charge >= 0.3 is 6.03 Å². The van der Waals surface area contributed by atoms with E-state index in [0.717, 1.165) is 12.3 Å². The molecule has 2 amide bonds. The third-order valence-electron chi connectivity index (χ3n) is 6.33. The third kappa shape index (κ3) is 5.14. The lowest BCUT2D eigenvalue weighted by atomic mass is 10.0. The summed E-state index contributed by atoms with van der Waals surface area (Å²) in [6.07, 6.45) is 4.15. The minimum Gasteiger partial charge on any atom is -0.483 e. The Hall–Kier alpha value is -4.13. The fraction of sp³-hybridized carbons (Fsp3) is 0.360. The highest BCUT2D eigenvalue weighted by Gasteiger charge is 2.39. The van der Waals surface area contributed by atoms with Gasteiger partial charge in [-0.2, -0.15) is 10.2 Å². The van der Waals surface area contributed by atoms with E-state index in [-0.39, 0.29) is 18.8 Å². The number of nitrogens with zero attached hydrogens (tertiary/aromatic N) is 6. The van der Waals surface area contributed by atoms with Crippen molar-refractivity contribution >= 4 is 17.9 Å². The number of benzene rings is 1. The number of carbonyl (C=O) groups is 1.